The first-order valence-electron chi connectivity index (χ1n) is 7.60. The van der Waals surface area contributed by atoms with Crippen molar-refractivity contribution in [2.75, 3.05) is 20.8 Å². The predicted molar refractivity (Wildman–Crippen MR) is 88.3 cm³/mol. The number of halogens is 1. The number of hydrogen-bond acceptors (Lipinski definition) is 5. The molecule has 2 aromatic carbocycles. The van der Waals surface area contributed by atoms with E-state index in [1.807, 2.05) is 36.2 Å². The van der Waals surface area contributed by atoms with Crippen LogP contribution in [0.25, 0.3) is 11.1 Å². The van der Waals surface area contributed by atoms with Gasteiger partial charge in [-0.3, -0.25) is 4.90 Å². The SMILES string of the molecule is COc1ccc(C(CO)N(C)Cc2nc3ccc(F)cc3o2)cc1. The molecule has 6 heteroatoms. The molecule has 1 N–H and O–H groups in total. The first-order valence-corrected chi connectivity index (χ1v) is 7.60. The summed E-state index contributed by atoms with van der Waals surface area (Å²) >= 11 is 0. The number of methoxy groups -OCH3 is 1. The van der Waals surface area contributed by atoms with Crippen molar-refractivity contribution in [2.45, 2.75) is 12.6 Å². The van der Waals surface area contributed by atoms with E-state index in [1.165, 1.54) is 12.1 Å². The number of benzene rings is 2. The third-order valence-electron chi connectivity index (χ3n) is 3.99. The van der Waals surface area contributed by atoms with Gasteiger partial charge in [0, 0.05) is 6.07 Å². The zero-order valence-corrected chi connectivity index (χ0v) is 13.6. The summed E-state index contributed by atoms with van der Waals surface area (Å²) in [5, 5.41) is 9.76. The van der Waals surface area contributed by atoms with Crippen molar-refractivity contribution in [1.29, 1.82) is 0 Å². The molecule has 0 saturated heterocycles. The third-order valence-corrected chi connectivity index (χ3v) is 3.99. The zero-order valence-electron chi connectivity index (χ0n) is 13.6. The minimum atomic E-state index is -0.356. The van der Waals surface area contributed by atoms with E-state index in [0.29, 0.717) is 23.5 Å². The van der Waals surface area contributed by atoms with E-state index >= 15 is 0 Å². The number of rotatable bonds is 6. The Hall–Kier alpha value is -2.44. The predicted octanol–water partition coefficient (Wildman–Crippen LogP) is 3.14. The lowest BCUT2D eigenvalue weighted by molar-refractivity contribution is 0.134. The van der Waals surface area contributed by atoms with E-state index in [2.05, 4.69) is 4.98 Å². The van der Waals surface area contributed by atoms with Gasteiger partial charge in [-0.05, 0) is 36.9 Å². The van der Waals surface area contributed by atoms with Crippen molar-refractivity contribution in [1.82, 2.24) is 9.88 Å². The smallest absolute Gasteiger partial charge is 0.209 e. The topological polar surface area (TPSA) is 58.7 Å². The van der Waals surface area contributed by atoms with Crippen molar-refractivity contribution in [2.24, 2.45) is 0 Å². The second kappa shape index (κ2) is 6.98. The molecule has 0 aliphatic rings. The van der Waals surface area contributed by atoms with Gasteiger partial charge in [-0.15, -0.1) is 0 Å². The van der Waals surface area contributed by atoms with Gasteiger partial charge < -0.3 is 14.3 Å². The Morgan fingerprint density at radius 3 is 2.67 bits per heavy atom. The molecule has 1 aromatic heterocycles. The van der Waals surface area contributed by atoms with E-state index in [-0.39, 0.29) is 18.5 Å². The maximum absolute atomic E-state index is 13.2. The van der Waals surface area contributed by atoms with Gasteiger partial charge in [-0.2, -0.15) is 0 Å². The van der Waals surface area contributed by atoms with E-state index < -0.39 is 0 Å². The fourth-order valence-corrected chi connectivity index (χ4v) is 2.66. The summed E-state index contributed by atoms with van der Waals surface area (Å²) in [7, 11) is 3.49. The Bertz CT molecular complexity index is 817. The Morgan fingerprint density at radius 2 is 2.00 bits per heavy atom. The van der Waals surface area contributed by atoms with Crippen LogP contribution in [-0.2, 0) is 6.54 Å². The number of aliphatic hydroxyl groups is 1. The second-order valence-corrected chi connectivity index (χ2v) is 5.61. The maximum atomic E-state index is 13.2. The van der Waals surface area contributed by atoms with E-state index in [9.17, 15) is 9.50 Å². The van der Waals surface area contributed by atoms with Crippen LogP contribution in [-0.4, -0.2) is 35.8 Å². The molecule has 0 saturated carbocycles. The largest absolute Gasteiger partial charge is 0.497 e. The minimum absolute atomic E-state index is 0.0440. The molecule has 0 fully saturated rings. The van der Waals surface area contributed by atoms with Crippen molar-refractivity contribution >= 4 is 11.1 Å². The van der Waals surface area contributed by atoms with Gasteiger partial charge in [0.05, 0.1) is 26.3 Å². The first kappa shape index (κ1) is 16.4. The average molecular weight is 330 g/mol. The van der Waals surface area contributed by atoms with Gasteiger partial charge in [0.1, 0.15) is 17.1 Å². The summed E-state index contributed by atoms with van der Waals surface area (Å²) < 4.78 is 24.0. The second-order valence-electron chi connectivity index (χ2n) is 5.61. The number of aliphatic hydroxyl groups excluding tert-OH is 1. The van der Waals surface area contributed by atoms with Gasteiger partial charge >= 0.3 is 0 Å². The Balaban J connectivity index is 1.78. The van der Waals surface area contributed by atoms with Crippen LogP contribution in [0.15, 0.2) is 46.9 Å². The Kier molecular flexibility index (Phi) is 4.78. The van der Waals surface area contributed by atoms with Gasteiger partial charge in [-0.1, -0.05) is 12.1 Å². The molecule has 126 valence electrons. The summed E-state index contributed by atoms with van der Waals surface area (Å²) in [5.41, 5.74) is 2.00. The van der Waals surface area contributed by atoms with Crippen molar-refractivity contribution in [3.8, 4) is 5.75 Å². The number of fused-ring (bicyclic) bond motifs is 1. The molecular weight excluding hydrogens is 311 g/mol. The summed E-state index contributed by atoms with van der Waals surface area (Å²) in [6.45, 7) is 0.352. The highest BCUT2D eigenvalue weighted by Crippen LogP contribution is 2.24. The van der Waals surface area contributed by atoms with Crippen molar-refractivity contribution in [3.05, 3.63) is 59.7 Å². The lowest BCUT2D eigenvalue weighted by atomic mass is 10.1. The number of oxazole rings is 1. The minimum Gasteiger partial charge on any atom is -0.497 e. The molecule has 0 radical (unpaired) electrons. The van der Waals surface area contributed by atoms with Crippen molar-refractivity contribution in [3.63, 3.8) is 0 Å². The molecule has 3 rings (SSSR count). The van der Waals surface area contributed by atoms with Crippen LogP contribution in [0.4, 0.5) is 4.39 Å². The number of likely N-dealkylation sites (N-methyl/N-ethyl adjacent to an activating group) is 1. The van der Waals surface area contributed by atoms with Gasteiger partial charge in [-0.25, -0.2) is 9.37 Å². The summed E-state index contributed by atoms with van der Waals surface area (Å²) in [5.74, 6) is 0.883. The lowest BCUT2D eigenvalue weighted by Crippen LogP contribution is -2.27. The normalized spacial score (nSPS) is 12.7. The van der Waals surface area contributed by atoms with Crippen LogP contribution in [0.1, 0.15) is 17.5 Å². The first-order chi connectivity index (χ1) is 11.6. The van der Waals surface area contributed by atoms with E-state index in [0.717, 1.165) is 11.3 Å². The molecule has 5 nitrogen and oxygen atoms in total. The Labute approximate surface area is 139 Å². The van der Waals surface area contributed by atoms with Crippen molar-refractivity contribution < 1.29 is 18.7 Å². The number of ether oxygens (including phenoxy) is 1. The number of hydrogen-bond donors (Lipinski definition) is 1. The molecule has 1 unspecified atom stereocenters. The molecule has 1 heterocycles. The van der Waals surface area contributed by atoms with E-state index in [4.69, 9.17) is 9.15 Å². The molecule has 0 amide bonds. The van der Waals surface area contributed by atoms with E-state index in [1.54, 1.807) is 13.2 Å². The van der Waals surface area contributed by atoms with Gasteiger partial charge in [0.15, 0.2) is 5.58 Å². The molecular formula is C18H19FN2O3. The summed E-state index contributed by atoms with van der Waals surface area (Å²) in [6, 6.07) is 11.6. The third kappa shape index (κ3) is 3.39. The molecule has 24 heavy (non-hydrogen) atoms. The van der Waals surface area contributed by atoms with Crippen LogP contribution >= 0.6 is 0 Å². The van der Waals surface area contributed by atoms with Crippen LogP contribution in [0.5, 0.6) is 5.75 Å². The zero-order chi connectivity index (χ0) is 17.1. The molecule has 0 bridgehead atoms. The monoisotopic (exact) mass is 330 g/mol. The molecule has 1 atom stereocenters. The van der Waals surface area contributed by atoms with Gasteiger partial charge in [0.25, 0.3) is 0 Å². The summed E-state index contributed by atoms with van der Waals surface area (Å²) in [6.07, 6.45) is 0. The quantitative estimate of drug-likeness (QED) is 0.752. The van der Waals surface area contributed by atoms with Crippen LogP contribution in [0.3, 0.4) is 0 Å². The molecule has 0 aliphatic carbocycles. The Morgan fingerprint density at radius 1 is 1.25 bits per heavy atom. The lowest BCUT2D eigenvalue weighted by Gasteiger charge is -2.25. The van der Waals surface area contributed by atoms with Crippen LogP contribution < -0.4 is 4.74 Å². The maximum Gasteiger partial charge on any atom is 0.209 e. The number of aromatic nitrogens is 1. The van der Waals surface area contributed by atoms with Crippen LogP contribution in [0, 0.1) is 5.82 Å². The standard InChI is InChI=1S/C18H19FN2O3/c1-21(16(11-22)12-3-6-14(23-2)7-4-12)10-18-20-15-8-5-13(19)9-17(15)24-18/h3-9,16,22H,10-11H2,1-2H3. The highest BCUT2D eigenvalue weighted by Gasteiger charge is 2.19. The molecule has 0 spiro atoms. The molecule has 0 aliphatic heterocycles. The highest BCUT2D eigenvalue weighted by molar-refractivity contribution is 5.72. The molecule has 3 aromatic rings. The summed E-state index contributed by atoms with van der Waals surface area (Å²) in [4.78, 5) is 6.29. The highest BCUT2D eigenvalue weighted by atomic mass is 19.1. The fourth-order valence-electron chi connectivity index (χ4n) is 2.66. The fraction of sp³-hybridized carbons (Fsp3) is 0.278. The number of nitrogens with zero attached hydrogens (tertiary/aromatic N) is 2. The average Bonchev–Trinajstić information content (AvgIpc) is 2.97. The van der Waals surface area contributed by atoms with Crippen LogP contribution in [0.2, 0.25) is 0 Å². The van der Waals surface area contributed by atoms with Gasteiger partial charge in [0.2, 0.25) is 5.89 Å².